The predicted octanol–water partition coefficient (Wildman–Crippen LogP) is 3.04. The van der Waals surface area contributed by atoms with Crippen LogP contribution >= 0.6 is 0 Å². The van der Waals surface area contributed by atoms with Gasteiger partial charge in [0.25, 0.3) is 0 Å². The Morgan fingerprint density at radius 1 is 1.27 bits per heavy atom. The van der Waals surface area contributed by atoms with Crippen molar-refractivity contribution in [2.24, 2.45) is 0 Å². The highest BCUT2D eigenvalue weighted by atomic mass is 19.1. The summed E-state index contributed by atoms with van der Waals surface area (Å²) < 4.78 is 33.2. The van der Waals surface area contributed by atoms with E-state index in [1.807, 2.05) is 0 Å². The number of ether oxygens (including phenoxy) is 1. The van der Waals surface area contributed by atoms with Gasteiger partial charge in [0, 0.05) is 23.1 Å². The summed E-state index contributed by atoms with van der Waals surface area (Å²) >= 11 is 0. The quantitative estimate of drug-likeness (QED) is 0.562. The van der Waals surface area contributed by atoms with Gasteiger partial charge in [0.1, 0.15) is 11.6 Å². The molecule has 3 aromatic rings. The Bertz CT molecular complexity index is 996. The highest BCUT2D eigenvalue weighted by molar-refractivity contribution is 5.93. The van der Waals surface area contributed by atoms with E-state index in [1.165, 1.54) is 31.4 Å². The standard InChI is InChI=1S/C19H16F2N2O3/c1-26-19(25)7-6-17-15-5-2-12(11-24)8-18(15)23(22-17)10-13-3-4-14(20)9-16(13)21/h2-9,24H,10-11H2,1H3. The second-order valence-electron chi connectivity index (χ2n) is 5.64. The van der Waals surface area contributed by atoms with Gasteiger partial charge in [-0.1, -0.05) is 18.2 Å². The van der Waals surface area contributed by atoms with Crippen LogP contribution in [0.3, 0.4) is 0 Å². The highest BCUT2D eigenvalue weighted by Crippen LogP contribution is 2.23. The van der Waals surface area contributed by atoms with Crippen molar-refractivity contribution in [3.8, 4) is 0 Å². The fourth-order valence-electron chi connectivity index (χ4n) is 2.61. The summed E-state index contributed by atoms with van der Waals surface area (Å²) in [5.74, 6) is -1.84. The molecule has 0 aliphatic rings. The summed E-state index contributed by atoms with van der Waals surface area (Å²) in [6.45, 7) is -0.0804. The van der Waals surface area contributed by atoms with E-state index in [9.17, 15) is 18.7 Å². The normalized spacial score (nSPS) is 11.4. The zero-order valence-corrected chi connectivity index (χ0v) is 13.9. The maximum Gasteiger partial charge on any atom is 0.330 e. The van der Waals surface area contributed by atoms with E-state index in [0.717, 1.165) is 11.5 Å². The number of hydrogen-bond donors (Lipinski definition) is 1. The van der Waals surface area contributed by atoms with Crippen molar-refractivity contribution in [2.45, 2.75) is 13.2 Å². The molecule has 0 bridgehead atoms. The number of fused-ring (bicyclic) bond motifs is 1. The zero-order chi connectivity index (χ0) is 18.7. The first-order valence-electron chi connectivity index (χ1n) is 7.82. The first-order chi connectivity index (χ1) is 12.5. The number of aliphatic hydroxyl groups is 1. The van der Waals surface area contributed by atoms with Crippen LogP contribution in [0.25, 0.3) is 17.0 Å². The zero-order valence-electron chi connectivity index (χ0n) is 13.9. The Labute approximate surface area is 148 Å². The van der Waals surface area contributed by atoms with Crippen molar-refractivity contribution in [3.05, 3.63) is 70.9 Å². The van der Waals surface area contributed by atoms with Crippen LogP contribution in [-0.2, 0) is 22.7 Å². The van der Waals surface area contributed by atoms with Gasteiger partial charge < -0.3 is 9.84 Å². The number of nitrogens with zero attached hydrogens (tertiary/aromatic N) is 2. The Morgan fingerprint density at radius 3 is 2.77 bits per heavy atom. The van der Waals surface area contributed by atoms with E-state index < -0.39 is 17.6 Å². The molecule has 134 valence electrons. The number of aromatic nitrogens is 2. The predicted molar refractivity (Wildman–Crippen MR) is 92.2 cm³/mol. The Hall–Kier alpha value is -3.06. The summed E-state index contributed by atoms with van der Waals surface area (Å²) in [6.07, 6.45) is 2.74. The number of hydrogen-bond acceptors (Lipinski definition) is 4. The maximum atomic E-state index is 14.0. The summed E-state index contributed by atoms with van der Waals surface area (Å²) in [5.41, 5.74) is 2.10. The van der Waals surface area contributed by atoms with Gasteiger partial charge >= 0.3 is 5.97 Å². The molecule has 1 N–H and O–H groups in total. The molecule has 3 rings (SSSR count). The number of esters is 1. The molecular weight excluding hydrogens is 342 g/mol. The highest BCUT2D eigenvalue weighted by Gasteiger charge is 2.12. The van der Waals surface area contributed by atoms with Crippen LogP contribution in [-0.4, -0.2) is 28.0 Å². The molecule has 0 amide bonds. The lowest BCUT2D eigenvalue weighted by molar-refractivity contribution is -0.134. The molecule has 1 heterocycles. The van der Waals surface area contributed by atoms with E-state index in [4.69, 9.17) is 0 Å². The molecule has 26 heavy (non-hydrogen) atoms. The average molecular weight is 358 g/mol. The third kappa shape index (κ3) is 3.62. The molecule has 1 aromatic heterocycles. The van der Waals surface area contributed by atoms with Crippen LogP contribution < -0.4 is 0 Å². The van der Waals surface area contributed by atoms with Gasteiger partial charge in [-0.3, -0.25) is 4.68 Å². The molecule has 0 atom stereocenters. The Morgan fingerprint density at radius 2 is 2.08 bits per heavy atom. The number of aliphatic hydroxyl groups excluding tert-OH is 1. The fourth-order valence-corrected chi connectivity index (χ4v) is 2.61. The smallest absolute Gasteiger partial charge is 0.330 e. The number of benzene rings is 2. The van der Waals surface area contributed by atoms with Gasteiger partial charge in [0.2, 0.25) is 0 Å². The SMILES string of the molecule is COC(=O)C=Cc1nn(Cc2ccc(F)cc2F)c2cc(CO)ccc12. The fraction of sp³-hybridized carbons (Fsp3) is 0.158. The molecule has 0 unspecified atom stereocenters. The van der Waals surface area contributed by atoms with Crippen molar-refractivity contribution in [3.63, 3.8) is 0 Å². The lowest BCUT2D eigenvalue weighted by Gasteiger charge is -2.06. The Kier molecular flexibility index (Phi) is 5.09. The minimum Gasteiger partial charge on any atom is -0.466 e. The van der Waals surface area contributed by atoms with Crippen LogP contribution in [0.2, 0.25) is 0 Å². The molecule has 2 aromatic carbocycles. The van der Waals surface area contributed by atoms with Gasteiger partial charge in [-0.2, -0.15) is 5.10 Å². The van der Waals surface area contributed by atoms with Crippen molar-refractivity contribution in [2.75, 3.05) is 7.11 Å². The van der Waals surface area contributed by atoms with Gasteiger partial charge in [-0.15, -0.1) is 0 Å². The van der Waals surface area contributed by atoms with Crippen LogP contribution in [0.1, 0.15) is 16.8 Å². The van der Waals surface area contributed by atoms with E-state index in [-0.39, 0.29) is 18.7 Å². The minimum absolute atomic E-state index is 0.0730. The van der Waals surface area contributed by atoms with Crippen molar-refractivity contribution in [1.29, 1.82) is 0 Å². The Balaban J connectivity index is 2.08. The maximum absolute atomic E-state index is 14.0. The number of rotatable bonds is 5. The first kappa shape index (κ1) is 17.8. The average Bonchev–Trinajstić information content (AvgIpc) is 2.98. The van der Waals surface area contributed by atoms with E-state index >= 15 is 0 Å². The topological polar surface area (TPSA) is 64.3 Å². The van der Waals surface area contributed by atoms with Crippen LogP contribution in [0, 0.1) is 11.6 Å². The third-order valence-corrected chi connectivity index (χ3v) is 3.94. The molecule has 0 radical (unpaired) electrons. The summed E-state index contributed by atoms with van der Waals surface area (Å²) in [5, 5.41) is 14.5. The van der Waals surface area contributed by atoms with Gasteiger partial charge in [-0.25, -0.2) is 13.6 Å². The van der Waals surface area contributed by atoms with Crippen molar-refractivity contribution in [1.82, 2.24) is 9.78 Å². The third-order valence-electron chi connectivity index (χ3n) is 3.94. The monoisotopic (exact) mass is 358 g/mol. The van der Waals surface area contributed by atoms with E-state index in [2.05, 4.69) is 9.84 Å². The molecule has 7 heteroatoms. The molecule has 0 aliphatic heterocycles. The van der Waals surface area contributed by atoms with Crippen LogP contribution in [0.5, 0.6) is 0 Å². The second kappa shape index (κ2) is 7.45. The molecule has 0 aliphatic carbocycles. The molecule has 0 fully saturated rings. The van der Waals surface area contributed by atoms with Gasteiger partial charge in [0.05, 0.1) is 31.5 Å². The van der Waals surface area contributed by atoms with Gasteiger partial charge in [0.15, 0.2) is 0 Å². The summed E-state index contributed by atoms with van der Waals surface area (Å²) in [7, 11) is 1.27. The van der Waals surface area contributed by atoms with Crippen LogP contribution in [0.4, 0.5) is 8.78 Å². The first-order valence-corrected chi connectivity index (χ1v) is 7.82. The minimum atomic E-state index is -0.668. The largest absolute Gasteiger partial charge is 0.466 e. The lowest BCUT2D eigenvalue weighted by atomic mass is 10.1. The van der Waals surface area contributed by atoms with E-state index in [1.54, 1.807) is 22.9 Å². The van der Waals surface area contributed by atoms with E-state index in [0.29, 0.717) is 16.8 Å². The second-order valence-corrected chi connectivity index (χ2v) is 5.64. The molecule has 5 nitrogen and oxygen atoms in total. The number of halogens is 2. The van der Waals surface area contributed by atoms with Crippen molar-refractivity contribution < 1.29 is 23.4 Å². The molecular formula is C19H16F2N2O3. The summed E-state index contributed by atoms with van der Waals surface area (Å²) in [6, 6.07) is 8.60. The molecule has 0 saturated heterocycles. The van der Waals surface area contributed by atoms with Gasteiger partial charge in [-0.05, 0) is 23.8 Å². The van der Waals surface area contributed by atoms with Crippen molar-refractivity contribution >= 4 is 22.9 Å². The molecule has 0 saturated carbocycles. The van der Waals surface area contributed by atoms with Crippen LogP contribution in [0.15, 0.2) is 42.5 Å². The number of carbonyl (C=O) groups excluding carboxylic acids is 1. The molecule has 0 spiro atoms. The number of carbonyl (C=O) groups is 1. The lowest BCUT2D eigenvalue weighted by Crippen LogP contribution is -2.04. The number of methoxy groups -OCH3 is 1. The summed E-state index contributed by atoms with van der Waals surface area (Å²) in [4.78, 5) is 11.3.